The molecule has 4 aliphatic carbocycles. The number of carbonyl (C=O) groups excluding carboxylic acids is 3. The number of aliphatic carboxylic acids is 1. The Morgan fingerprint density at radius 1 is 1.06 bits per heavy atom. The molecule has 2 N–H and O–H groups in total. The molecule has 0 aromatic heterocycles. The van der Waals surface area contributed by atoms with Crippen molar-refractivity contribution in [3.05, 3.63) is 11.6 Å². The Morgan fingerprint density at radius 3 is 2.49 bits per heavy atom. The van der Waals surface area contributed by atoms with Crippen LogP contribution in [0.4, 0.5) is 0 Å². The van der Waals surface area contributed by atoms with E-state index in [1.165, 1.54) is 5.57 Å². The topological polar surface area (TPSA) is 110 Å². The summed E-state index contributed by atoms with van der Waals surface area (Å²) in [5, 5.41) is 11.8. The molecule has 7 heteroatoms. The van der Waals surface area contributed by atoms with Crippen LogP contribution in [0, 0.1) is 34.5 Å². The van der Waals surface area contributed by atoms with Gasteiger partial charge in [0, 0.05) is 18.3 Å². The standard InChI is InChI=1S/C28H41NO6/c1-16(2)25(26(33)34)29-23(31)9-10-24(32)35-22-8-7-20-19-6-5-17-15-18(30)11-13-27(17,3)21(19)12-14-28(20,22)4/h15-16,19-22,25H,5-14H2,1-4H3,(H,29,31)(H,33,34)/t19-,20+,21-,22-,25-,27+,28+/m1/s1. The van der Waals surface area contributed by atoms with Gasteiger partial charge < -0.3 is 15.2 Å². The maximum Gasteiger partial charge on any atom is 0.326 e. The maximum atomic E-state index is 12.7. The fourth-order valence-corrected chi connectivity index (χ4v) is 7.90. The molecule has 4 rings (SSSR count). The molecule has 3 fully saturated rings. The molecule has 0 bridgehead atoms. The largest absolute Gasteiger partial charge is 0.480 e. The number of allylic oxidation sites excluding steroid dienone is 1. The van der Waals surface area contributed by atoms with E-state index in [0.29, 0.717) is 24.2 Å². The normalized spacial score (nSPS) is 36.9. The molecule has 0 unspecified atom stereocenters. The lowest BCUT2D eigenvalue weighted by molar-refractivity contribution is -0.160. The molecule has 35 heavy (non-hydrogen) atoms. The van der Waals surface area contributed by atoms with E-state index < -0.39 is 17.9 Å². The molecule has 0 aromatic carbocycles. The van der Waals surface area contributed by atoms with Gasteiger partial charge in [0.25, 0.3) is 0 Å². The SMILES string of the molecule is CC(C)[C@@H](NC(=O)CCC(=O)O[C@@H]1CC[C@H]2[C@H]3CCC4=CC(=O)CC[C@]4(C)[C@@H]3CC[C@]12C)C(=O)O. The highest BCUT2D eigenvalue weighted by Gasteiger charge is 2.59. The average molecular weight is 488 g/mol. The van der Waals surface area contributed by atoms with Crippen LogP contribution >= 0.6 is 0 Å². The van der Waals surface area contributed by atoms with Gasteiger partial charge in [0.15, 0.2) is 5.78 Å². The van der Waals surface area contributed by atoms with Gasteiger partial charge in [0.1, 0.15) is 12.1 Å². The molecule has 7 atom stereocenters. The zero-order valence-corrected chi connectivity index (χ0v) is 21.6. The minimum atomic E-state index is -1.07. The van der Waals surface area contributed by atoms with E-state index in [1.807, 2.05) is 6.08 Å². The second kappa shape index (κ2) is 9.70. The molecule has 0 spiro atoms. The van der Waals surface area contributed by atoms with E-state index in [1.54, 1.807) is 13.8 Å². The Balaban J connectivity index is 1.35. The summed E-state index contributed by atoms with van der Waals surface area (Å²) in [7, 11) is 0. The van der Waals surface area contributed by atoms with Crippen molar-refractivity contribution < 1.29 is 29.0 Å². The third-order valence-corrected chi connectivity index (χ3v) is 9.95. The number of amides is 1. The van der Waals surface area contributed by atoms with Crippen LogP contribution in [-0.4, -0.2) is 40.9 Å². The molecular formula is C28H41NO6. The minimum absolute atomic E-state index is 0.0418. The number of nitrogens with one attached hydrogen (secondary N) is 1. The second-order valence-corrected chi connectivity index (χ2v) is 12.2. The number of hydrogen-bond donors (Lipinski definition) is 2. The number of fused-ring (bicyclic) bond motifs is 5. The minimum Gasteiger partial charge on any atom is -0.480 e. The van der Waals surface area contributed by atoms with Crippen LogP contribution in [0.1, 0.15) is 91.9 Å². The van der Waals surface area contributed by atoms with Crippen molar-refractivity contribution in [2.45, 2.75) is 104 Å². The van der Waals surface area contributed by atoms with Gasteiger partial charge in [-0.25, -0.2) is 4.79 Å². The molecule has 3 saturated carbocycles. The van der Waals surface area contributed by atoms with E-state index in [2.05, 4.69) is 19.2 Å². The van der Waals surface area contributed by atoms with Crippen molar-refractivity contribution >= 4 is 23.6 Å². The number of esters is 1. The van der Waals surface area contributed by atoms with Crippen molar-refractivity contribution in [2.24, 2.45) is 34.5 Å². The third-order valence-electron chi connectivity index (χ3n) is 9.95. The molecule has 0 saturated heterocycles. The van der Waals surface area contributed by atoms with Gasteiger partial charge >= 0.3 is 11.9 Å². The first-order chi connectivity index (χ1) is 16.5. The van der Waals surface area contributed by atoms with Gasteiger partial charge in [-0.05, 0) is 80.1 Å². The predicted octanol–water partition coefficient (Wildman–Crippen LogP) is 4.44. The Morgan fingerprint density at radius 2 is 1.80 bits per heavy atom. The van der Waals surface area contributed by atoms with E-state index in [9.17, 15) is 24.3 Å². The van der Waals surface area contributed by atoms with Gasteiger partial charge in [-0.1, -0.05) is 33.3 Å². The second-order valence-electron chi connectivity index (χ2n) is 12.2. The lowest BCUT2D eigenvalue weighted by Crippen LogP contribution is -2.51. The van der Waals surface area contributed by atoms with Crippen molar-refractivity contribution in [3.63, 3.8) is 0 Å². The zero-order chi connectivity index (χ0) is 25.5. The van der Waals surface area contributed by atoms with Gasteiger partial charge in [-0.15, -0.1) is 0 Å². The predicted molar refractivity (Wildman–Crippen MR) is 130 cm³/mol. The number of carboxylic acid groups (broad SMARTS) is 1. The highest BCUT2D eigenvalue weighted by molar-refractivity contribution is 5.91. The first kappa shape index (κ1) is 25.9. The van der Waals surface area contributed by atoms with Crippen molar-refractivity contribution in [3.8, 4) is 0 Å². The lowest BCUT2D eigenvalue weighted by atomic mass is 9.47. The number of rotatable bonds is 7. The summed E-state index contributed by atoms with van der Waals surface area (Å²) < 4.78 is 5.97. The number of ether oxygens (including phenoxy) is 1. The lowest BCUT2D eigenvalue weighted by Gasteiger charge is -2.57. The summed E-state index contributed by atoms with van der Waals surface area (Å²) in [5.74, 6) is -0.146. The number of carboxylic acids is 1. The van der Waals surface area contributed by atoms with Crippen LogP contribution in [-0.2, 0) is 23.9 Å². The van der Waals surface area contributed by atoms with Gasteiger partial charge in [-0.3, -0.25) is 14.4 Å². The molecule has 1 amide bonds. The molecular weight excluding hydrogens is 446 g/mol. The number of hydrogen-bond acceptors (Lipinski definition) is 5. The fourth-order valence-electron chi connectivity index (χ4n) is 7.90. The molecule has 4 aliphatic rings. The van der Waals surface area contributed by atoms with Gasteiger partial charge in [-0.2, -0.15) is 0 Å². The highest BCUT2D eigenvalue weighted by Crippen LogP contribution is 2.65. The van der Waals surface area contributed by atoms with Crippen LogP contribution in [0.25, 0.3) is 0 Å². The van der Waals surface area contributed by atoms with Crippen LogP contribution in [0.2, 0.25) is 0 Å². The number of ketones is 1. The molecule has 7 nitrogen and oxygen atoms in total. The molecule has 194 valence electrons. The quantitative estimate of drug-likeness (QED) is 0.514. The van der Waals surface area contributed by atoms with E-state index in [-0.39, 0.29) is 47.4 Å². The summed E-state index contributed by atoms with van der Waals surface area (Å²) >= 11 is 0. The third kappa shape index (κ3) is 4.79. The highest BCUT2D eigenvalue weighted by atomic mass is 16.5. The zero-order valence-electron chi connectivity index (χ0n) is 21.6. The molecule has 0 aliphatic heterocycles. The van der Waals surface area contributed by atoms with Gasteiger partial charge in [0.05, 0.1) is 6.42 Å². The van der Waals surface area contributed by atoms with E-state index >= 15 is 0 Å². The Hall–Kier alpha value is -2.18. The van der Waals surface area contributed by atoms with E-state index in [0.717, 1.165) is 44.9 Å². The summed E-state index contributed by atoms with van der Waals surface area (Å²) in [6, 6.07) is -0.960. The van der Waals surface area contributed by atoms with E-state index in [4.69, 9.17) is 4.74 Å². The van der Waals surface area contributed by atoms with Crippen molar-refractivity contribution in [1.82, 2.24) is 5.32 Å². The van der Waals surface area contributed by atoms with Crippen LogP contribution < -0.4 is 5.32 Å². The smallest absolute Gasteiger partial charge is 0.326 e. The number of carbonyl (C=O) groups is 4. The molecule has 0 aromatic rings. The summed E-state index contributed by atoms with van der Waals surface area (Å²) in [4.78, 5) is 48.2. The van der Waals surface area contributed by atoms with Crippen molar-refractivity contribution in [2.75, 3.05) is 0 Å². The summed E-state index contributed by atoms with van der Waals surface area (Å²) in [6.45, 7) is 8.12. The fraction of sp³-hybridized carbons (Fsp3) is 0.786. The molecule has 0 heterocycles. The Labute approximate surface area is 208 Å². The van der Waals surface area contributed by atoms with Crippen LogP contribution in [0.5, 0.6) is 0 Å². The van der Waals surface area contributed by atoms with Crippen LogP contribution in [0.15, 0.2) is 11.6 Å². The molecule has 0 radical (unpaired) electrons. The Kier molecular flexibility index (Phi) is 7.18. The maximum absolute atomic E-state index is 12.7. The first-order valence-corrected chi connectivity index (χ1v) is 13.4. The van der Waals surface area contributed by atoms with Crippen molar-refractivity contribution in [1.29, 1.82) is 0 Å². The summed E-state index contributed by atoms with van der Waals surface area (Å²) in [5.41, 5.74) is 1.44. The first-order valence-electron chi connectivity index (χ1n) is 13.4. The Bertz CT molecular complexity index is 924. The van der Waals surface area contributed by atoms with Gasteiger partial charge in [0.2, 0.25) is 5.91 Å². The summed E-state index contributed by atoms with van der Waals surface area (Å²) in [6.07, 6.45) is 9.44. The van der Waals surface area contributed by atoms with Crippen LogP contribution in [0.3, 0.4) is 0 Å². The average Bonchev–Trinajstić information content (AvgIpc) is 3.12. The monoisotopic (exact) mass is 487 g/mol.